The number of aliphatic hydroxyl groups is 1. The van der Waals surface area contributed by atoms with Crippen LogP contribution >= 0.6 is 11.6 Å². The molecule has 0 spiro atoms. The van der Waals surface area contributed by atoms with Crippen molar-refractivity contribution in [2.45, 2.75) is 51.8 Å². The summed E-state index contributed by atoms with van der Waals surface area (Å²) in [5, 5.41) is 26.6. The molecule has 3 N–H and O–H groups in total. The maximum Gasteiger partial charge on any atom is 0.325 e. The zero-order valence-corrected chi connectivity index (χ0v) is 14.7. The van der Waals surface area contributed by atoms with Gasteiger partial charge in [0.2, 0.25) is 0 Å². The molecule has 0 amide bonds. The second kappa shape index (κ2) is 5.46. The van der Waals surface area contributed by atoms with Crippen molar-refractivity contribution in [2.75, 3.05) is 5.32 Å². The third-order valence-corrected chi connectivity index (χ3v) is 6.37. The number of carbonyl (C=O) groups is 1. The van der Waals surface area contributed by atoms with E-state index in [1.807, 2.05) is 6.92 Å². The molecule has 4 rings (SSSR count). The normalized spacial score (nSPS) is 33.6. The number of fused-ring (bicyclic) bond motifs is 2. The van der Waals surface area contributed by atoms with Crippen LogP contribution in [0.3, 0.4) is 0 Å². The van der Waals surface area contributed by atoms with Crippen LogP contribution in [0.5, 0.6) is 0 Å². The van der Waals surface area contributed by atoms with Crippen molar-refractivity contribution in [3.8, 4) is 0 Å². The lowest BCUT2D eigenvalue weighted by Gasteiger charge is -2.65. The van der Waals surface area contributed by atoms with Crippen molar-refractivity contribution in [3.05, 3.63) is 21.6 Å². The van der Waals surface area contributed by atoms with Gasteiger partial charge < -0.3 is 15.5 Å². The predicted molar refractivity (Wildman–Crippen MR) is 89.2 cm³/mol. The van der Waals surface area contributed by atoms with E-state index in [2.05, 4.69) is 24.3 Å². The summed E-state index contributed by atoms with van der Waals surface area (Å²) < 4.78 is 0.801. The largest absolute Gasteiger partial charge is 0.480 e. The molecule has 24 heavy (non-hydrogen) atoms. The molecule has 0 aromatic carbocycles. The van der Waals surface area contributed by atoms with Crippen LogP contribution in [0.1, 0.15) is 33.6 Å². The number of hydrogen-bond acceptors (Lipinski definition) is 5. The summed E-state index contributed by atoms with van der Waals surface area (Å²) in [6.07, 6.45) is 3.13. The highest BCUT2D eigenvalue weighted by atomic mass is 35.5. The maximum absolute atomic E-state index is 12.1. The Balaban J connectivity index is 1.84. The first-order valence-corrected chi connectivity index (χ1v) is 8.39. The van der Waals surface area contributed by atoms with Crippen LogP contribution in [0.25, 0.3) is 0 Å². The molecule has 1 aromatic heterocycles. The average Bonchev–Trinajstić information content (AvgIpc) is 2.47. The topological polar surface area (TPSA) is 104 Å². The number of rotatable bonds is 4. The SMILES string of the molecule is CC1(C)[C@@H]2C[C@@H](Nc3cnn(CC(=O)O)c(=O)c3Cl)[C@@](C)(O)[C@H]1C2. The first-order valence-electron chi connectivity index (χ1n) is 8.01. The number of nitrogens with one attached hydrogen (secondary N) is 1. The van der Waals surface area contributed by atoms with Gasteiger partial charge >= 0.3 is 5.97 Å². The minimum Gasteiger partial charge on any atom is -0.480 e. The number of carboxylic acids is 1. The van der Waals surface area contributed by atoms with E-state index in [1.165, 1.54) is 6.20 Å². The number of aliphatic carboxylic acids is 1. The smallest absolute Gasteiger partial charge is 0.325 e. The number of halogens is 1. The Morgan fingerprint density at radius 2 is 2.12 bits per heavy atom. The molecule has 0 radical (unpaired) electrons. The van der Waals surface area contributed by atoms with E-state index >= 15 is 0 Å². The quantitative estimate of drug-likeness (QED) is 0.757. The molecule has 3 saturated carbocycles. The summed E-state index contributed by atoms with van der Waals surface area (Å²) in [5.41, 5.74) is -1.15. The van der Waals surface area contributed by atoms with Gasteiger partial charge in [0.1, 0.15) is 11.6 Å². The molecule has 1 aromatic rings. The van der Waals surface area contributed by atoms with Crippen molar-refractivity contribution in [1.82, 2.24) is 9.78 Å². The van der Waals surface area contributed by atoms with Gasteiger partial charge in [-0.25, -0.2) is 4.68 Å². The Kier molecular flexibility index (Phi) is 3.92. The van der Waals surface area contributed by atoms with Crippen LogP contribution in [0.15, 0.2) is 11.0 Å². The van der Waals surface area contributed by atoms with Gasteiger partial charge in [0.05, 0.1) is 23.5 Å². The van der Waals surface area contributed by atoms with Gasteiger partial charge in [0.15, 0.2) is 0 Å². The van der Waals surface area contributed by atoms with Gasteiger partial charge in [-0.1, -0.05) is 25.4 Å². The molecule has 8 heteroatoms. The summed E-state index contributed by atoms with van der Waals surface area (Å²) in [7, 11) is 0. The molecule has 3 fully saturated rings. The summed E-state index contributed by atoms with van der Waals surface area (Å²) in [5.74, 6) is -0.474. The molecule has 132 valence electrons. The molecule has 3 aliphatic carbocycles. The van der Waals surface area contributed by atoms with Gasteiger partial charge in [0.25, 0.3) is 5.56 Å². The first kappa shape index (κ1) is 17.2. The summed E-state index contributed by atoms with van der Waals surface area (Å²) in [4.78, 5) is 22.8. The van der Waals surface area contributed by atoms with E-state index in [4.69, 9.17) is 16.7 Å². The van der Waals surface area contributed by atoms with E-state index in [9.17, 15) is 14.7 Å². The zero-order valence-electron chi connectivity index (χ0n) is 13.9. The van der Waals surface area contributed by atoms with E-state index in [1.54, 1.807) is 0 Å². The second-order valence-corrected chi connectivity index (χ2v) is 8.07. The Morgan fingerprint density at radius 3 is 2.67 bits per heavy atom. The van der Waals surface area contributed by atoms with E-state index in [-0.39, 0.29) is 22.4 Å². The molecule has 2 bridgehead atoms. The van der Waals surface area contributed by atoms with Gasteiger partial charge in [-0.3, -0.25) is 9.59 Å². The van der Waals surface area contributed by atoms with E-state index < -0.39 is 23.7 Å². The van der Waals surface area contributed by atoms with Crippen molar-refractivity contribution >= 4 is 23.3 Å². The number of aromatic nitrogens is 2. The fourth-order valence-corrected chi connectivity index (χ4v) is 4.57. The van der Waals surface area contributed by atoms with Crippen molar-refractivity contribution in [2.24, 2.45) is 17.3 Å². The summed E-state index contributed by atoms with van der Waals surface area (Å²) >= 11 is 6.09. The Labute approximate surface area is 144 Å². The third kappa shape index (κ3) is 2.50. The van der Waals surface area contributed by atoms with Crippen LogP contribution in [0, 0.1) is 17.3 Å². The van der Waals surface area contributed by atoms with Crippen LogP contribution in [-0.2, 0) is 11.3 Å². The van der Waals surface area contributed by atoms with E-state index in [0.717, 1.165) is 17.5 Å². The molecule has 3 aliphatic rings. The minimum absolute atomic E-state index is 0.106. The number of nitrogens with zero attached hydrogens (tertiary/aromatic N) is 2. The molecule has 0 aliphatic heterocycles. The highest BCUT2D eigenvalue weighted by Gasteiger charge is 2.62. The van der Waals surface area contributed by atoms with Crippen molar-refractivity contribution in [1.29, 1.82) is 0 Å². The fourth-order valence-electron chi connectivity index (χ4n) is 4.37. The first-order chi connectivity index (χ1) is 11.0. The molecule has 0 unspecified atom stereocenters. The van der Waals surface area contributed by atoms with Crippen molar-refractivity contribution < 1.29 is 15.0 Å². The lowest BCUT2D eigenvalue weighted by Crippen LogP contribution is -2.68. The average molecular weight is 356 g/mol. The second-order valence-electron chi connectivity index (χ2n) is 7.69. The Morgan fingerprint density at radius 1 is 1.46 bits per heavy atom. The van der Waals surface area contributed by atoms with Crippen molar-refractivity contribution in [3.63, 3.8) is 0 Å². The number of anilines is 1. The summed E-state index contributed by atoms with van der Waals surface area (Å²) in [6, 6.07) is -0.233. The molecular weight excluding hydrogens is 334 g/mol. The van der Waals surface area contributed by atoms with Gasteiger partial charge in [-0.15, -0.1) is 0 Å². The monoisotopic (exact) mass is 355 g/mol. The van der Waals surface area contributed by atoms with Gasteiger partial charge in [0, 0.05) is 0 Å². The highest BCUT2D eigenvalue weighted by Crippen LogP contribution is 2.62. The van der Waals surface area contributed by atoms with Gasteiger partial charge in [-0.2, -0.15) is 5.10 Å². The predicted octanol–water partition coefficient (Wildman–Crippen LogP) is 1.58. The maximum atomic E-state index is 12.1. The fraction of sp³-hybridized carbons (Fsp3) is 0.688. The van der Waals surface area contributed by atoms with Crippen LogP contribution in [-0.4, -0.2) is 37.6 Å². The molecular formula is C16H22ClN3O4. The van der Waals surface area contributed by atoms with E-state index in [0.29, 0.717) is 11.6 Å². The Hall–Kier alpha value is -1.60. The van der Waals surface area contributed by atoms with Crippen LogP contribution in [0.4, 0.5) is 5.69 Å². The van der Waals surface area contributed by atoms with Crippen LogP contribution < -0.4 is 10.9 Å². The molecule has 1 heterocycles. The molecule has 0 saturated heterocycles. The van der Waals surface area contributed by atoms with Crippen LogP contribution in [0.2, 0.25) is 5.02 Å². The zero-order chi connectivity index (χ0) is 17.9. The highest BCUT2D eigenvalue weighted by molar-refractivity contribution is 6.32. The minimum atomic E-state index is -1.17. The summed E-state index contributed by atoms with van der Waals surface area (Å²) in [6.45, 7) is 5.63. The standard InChI is InChI=1S/C16H22ClN3O4/c1-15(2)8-4-10(15)16(3,24)11(5-8)19-9-6-18-20(7-12(21)22)14(23)13(9)17/h6,8,10-11,19,24H,4-5,7H2,1-3H3,(H,21,22)/t8-,10-,11+,16-/m0/s1. The van der Waals surface area contributed by atoms with Gasteiger partial charge in [-0.05, 0) is 37.0 Å². The molecule has 7 nitrogen and oxygen atoms in total. The number of carboxylic acid groups (broad SMARTS) is 1. The Bertz CT molecular complexity index is 743. The third-order valence-electron chi connectivity index (χ3n) is 6.00. The molecule has 4 atom stereocenters. The lowest BCUT2D eigenvalue weighted by atomic mass is 9.43. The lowest BCUT2D eigenvalue weighted by molar-refractivity contribution is -0.199. The number of hydrogen-bond donors (Lipinski definition) is 3.